The zero-order valence-corrected chi connectivity index (χ0v) is 13.7. The number of nitrogens with one attached hydrogen (secondary N) is 1. The summed E-state index contributed by atoms with van der Waals surface area (Å²) in [6.07, 6.45) is 0. The van der Waals surface area contributed by atoms with Gasteiger partial charge in [0.2, 0.25) is 5.91 Å². The highest BCUT2D eigenvalue weighted by molar-refractivity contribution is 5.92. The topological polar surface area (TPSA) is 87.5 Å². The third kappa shape index (κ3) is 3.96. The molecule has 0 fully saturated rings. The smallest absolute Gasteiger partial charge is 0.320 e. The van der Waals surface area contributed by atoms with Crippen LogP contribution >= 0.6 is 0 Å². The Bertz CT molecular complexity index is 760. The molecule has 0 saturated heterocycles. The number of amides is 1. The van der Waals surface area contributed by atoms with Crippen molar-refractivity contribution in [2.75, 3.05) is 18.9 Å². The minimum atomic E-state index is -1.02. The Morgan fingerprint density at radius 3 is 2.71 bits per heavy atom. The molecule has 1 atom stereocenters. The van der Waals surface area contributed by atoms with E-state index in [0.29, 0.717) is 11.5 Å². The Morgan fingerprint density at radius 2 is 2.08 bits per heavy atom. The first-order valence-corrected chi connectivity index (χ1v) is 7.34. The molecule has 0 aliphatic rings. The minimum absolute atomic E-state index is 0.116. The van der Waals surface area contributed by atoms with Crippen LogP contribution in [0.15, 0.2) is 30.3 Å². The number of aliphatic carboxylic acids is 1. The molecule has 0 aliphatic carbocycles. The summed E-state index contributed by atoms with van der Waals surface area (Å²) in [4.78, 5) is 24.5. The van der Waals surface area contributed by atoms with Gasteiger partial charge in [0.1, 0.15) is 23.4 Å². The lowest BCUT2D eigenvalue weighted by Gasteiger charge is -2.20. The van der Waals surface area contributed by atoms with Crippen molar-refractivity contribution >= 4 is 17.7 Å². The molecule has 0 bridgehead atoms. The third-order valence-electron chi connectivity index (χ3n) is 3.59. The van der Waals surface area contributed by atoms with Crippen molar-refractivity contribution < 1.29 is 19.1 Å². The fraction of sp³-hybridized carbons (Fsp3) is 0.312. The van der Waals surface area contributed by atoms with Gasteiger partial charge >= 0.3 is 5.97 Å². The molecule has 2 aromatic rings. The van der Waals surface area contributed by atoms with Gasteiger partial charge < -0.3 is 10.4 Å². The van der Waals surface area contributed by atoms with Crippen LogP contribution in [0.4, 0.5) is 10.2 Å². The number of benzene rings is 1. The highest BCUT2D eigenvalue weighted by Crippen LogP contribution is 2.19. The van der Waals surface area contributed by atoms with Crippen molar-refractivity contribution in [1.29, 1.82) is 0 Å². The number of aryl methyl sites for hydroxylation is 1. The summed E-state index contributed by atoms with van der Waals surface area (Å²) in [7, 11) is 1.54. The summed E-state index contributed by atoms with van der Waals surface area (Å²) in [6.45, 7) is 3.10. The maximum atomic E-state index is 14.0. The standard InChI is InChI=1S/C16H19FN4O3/c1-10-8-14(18-15(22)9-20(3)11(2)16(23)24)21(19-10)13-7-5-4-6-12(13)17/h4-8,11H,9H2,1-3H3,(H,18,22)(H,23,24). The SMILES string of the molecule is Cc1cc(NC(=O)CN(C)C(C)C(=O)O)n(-c2ccccc2F)n1. The van der Waals surface area contributed by atoms with Gasteiger partial charge in [-0.2, -0.15) is 5.10 Å². The van der Waals surface area contributed by atoms with Crippen LogP contribution < -0.4 is 5.32 Å². The lowest BCUT2D eigenvalue weighted by atomic mass is 10.3. The van der Waals surface area contributed by atoms with Gasteiger partial charge in [0.25, 0.3) is 0 Å². The number of carbonyl (C=O) groups is 2. The van der Waals surface area contributed by atoms with Crippen molar-refractivity contribution in [3.63, 3.8) is 0 Å². The second-order valence-electron chi connectivity index (χ2n) is 5.51. The Labute approximate surface area is 138 Å². The Hall–Kier alpha value is -2.74. The van der Waals surface area contributed by atoms with E-state index in [2.05, 4.69) is 10.4 Å². The molecule has 8 heteroatoms. The number of aromatic nitrogens is 2. The van der Waals surface area contributed by atoms with Gasteiger partial charge in [-0.25, -0.2) is 9.07 Å². The number of carboxylic acids is 1. The number of halogens is 1. The number of carboxylic acid groups (broad SMARTS) is 1. The molecule has 1 unspecified atom stereocenters. The van der Waals surface area contributed by atoms with Crippen LogP contribution in [-0.4, -0.2) is 51.3 Å². The van der Waals surface area contributed by atoms with Crippen molar-refractivity contribution in [3.05, 3.63) is 41.8 Å². The first kappa shape index (κ1) is 17.6. The summed E-state index contributed by atoms with van der Waals surface area (Å²) < 4.78 is 15.3. The zero-order chi connectivity index (χ0) is 17.9. The number of hydrogen-bond acceptors (Lipinski definition) is 4. The maximum absolute atomic E-state index is 14.0. The molecule has 2 N–H and O–H groups in total. The normalized spacial score (nSPS) is 12.2. The molecule has 7 nitrogen and oxygen atoms in total. The number of rotatable bonds is 6. The van der Waals surface area contributed by atoms with E-state index in [1.165, 1.54) is 29.6 Å². The van der Waals surface area contributed by atoms with E-state index in [1.807, 2.05) is 0 Å². The van der Waals surface area contributed by atoms with Crippen molar-refractivity contribution in [2.45, 2.75) is 19.9 Å². The average Bonchev–Trinajstić information content (AvgIpc) is 2.86. The zero-order valence-electron chi connectivity index (χ0n) is 13.7. The Morgan fingerprint density at radius 1 is 1.42 bits per heavy atom. The Kier molecular flexibility index (Phi) is 5.30. The van der Waals surface area contributed by atoms with E-state index in [9.17, 15) is 14.0 Å². The van der Waals surface area contributed by atoms with Gasteiger partial charge in [0.05, 0.1) is 12.2 Å². The summed E-state index contributed by atoms with van der Waals surface area (Å²) in [5.41, 5.74) is 0.828. The number of anilines is 1. The molecule has 1 aromatic carbocycles. The summed E-state index contributed by atoms with van der Waals surface area (Å²) in [5.74, 6) is -1.58. The van der Waals surface area contributed by atoms with Gasteiger partial charge in [-0.15, -0.1) is 0 Å². The van der Waals surface area contributed by atoms with Crippen molar-refractivity contribution in [2.24, 2.45) is 0 Å². The summed E-state index contributed by atoms with van der Waals surface area (Å²) in [5, 5.41) is 15.8. The van der Waals surface area contributed by atoms with Crippen LogP contribution in [0.25, 0.3) is 5.69 Å². The molecule has 128 valence electrons. The molecule has 1 amide bonds. The second-order valence-corrected chi connectivity index (χ2v) is 5.51. The van der Waals surface area contributed by atoms with Crippen LogP contribution in [0.5, 0.6) is 0 Å². The number of likely N-dealkylation sites (N-methyl/N-ethyl adjacent to an activating group) is 1. The van der Waals surface area contributed by atoms with Gasteiger partial charge in [-0.3, -0.25) is 14.5 Å². The summed E-state index contributed by atoms with van der Waals surface area (Å²) >= 11 is 0. The number of carbonyl (C=O) groups excluding carboxylic acids is 1. The first-order chi connectivity index (χ1) is 11.3. The highest BCUT2D eigenvalue weighted by Gasteiger charge is 2.20. The molecule has 0 radical (unpaired) electrons. The van der Waals surface area contributed by atoms with Crippen LogP contribution in [0, 0.1) is 12.7 Å². The third-order valence-corrected chi connectivity index (χ3v) is 3.59. The maximum Gasteiger partial charge on any atom is 0.320 e. The molecule has 0 aliphatic heterocycles. The number of nitrogens with zero attached hydrogens (tertiary/aromatic N) is 3. The van der Waals surface area contributed by atoms with Crippen LogP contribution in [0.2, 0.25) is 0 Å². The largest absolute Gasteiger partial charge is 0.480 e. The first-order valence-electron chi connectivity index (χ1n) is 7.34. The molecule has 24 heavy (non-hydrogen) atoms. The van der Waals surface area contributed by atoms with E-state index in [-0.39, 0.29) is 12.2 Å². The molecule has 1 aromatic heterocycles. The van der Waals surface area contributed by atoms with E-state index in [1.54, 1.807) is 31.2 Å². The second kappa shape index (κ2) is 7.22. The van der Waals surface area contributed by atoms with Crippen molar-refractivity contribution in [3.8, 4) is 5.69 Å². The number of para-hydroxylation sites is 1. The minimum Gasteiger partial charge on any atom is -0.480 e. The van der Waals surface area contributed by atoms with E-state index >= 15 is 0 Å². The Balaban J connectivity index is 2.18. The van der Waals surface area contributed by atoms with Crippen LogP contribution in [-0.2, 0) is 9.59 Å². The molecule has 0 saturated carbocycles. The number of hydrogen-bond donors (Lipinski definition) is 2. The predicted octanol–water partition coefficient (Wildman–Crippen LogP) is 1.66. The van der Waals surface area contributed by atoms with E-state index < -0.39 is 23.7 Å². The van der Waals surface area contributed by atoms with Crippen molar-refractivity contribution in [1.82, 2.24) is 14.7 Å². The van der Waals surface area contributed by atoms with Crippen LogP contribution in [0.3, 0.4) is 0 Å². The van der Waals surface area contributed by atoms with E-state index in [4.69, 9.17) is 5.11 Å². The fourth-order valence-electron chi connectivity index (χ4n) is 2.13. The fourth-order valence-corrected chi connectivity index (χ4v) is 2.13. The predicted molar refractivity (Wildman–Crippen MR) is 86.6 cm³/mol. The lowest BCUT2D eigenvalue weighted by Crippen LogP contribution is -2.40. The summed E-state index contributed by atoms with van der Waals surface area (Å²) in [6, 6.07) is 6.91. The molecular weight excluding hydrogens is 315 g/mol. The van der Waals surface area contributed by atoms with Gasteiger partial charge in [0.15, 0.2) is 0 Å². The molecule has 0 spiro atoms. The molecule has 2 rings (SSSR count). The van der Waals surface area contributed by atoms with E-state index in [0.717, 1.165) is 0 Å². The average molecular weight is 334 g/mol. The van der Waals surface area contributed by atoms with Gasteiger partial charge in [0, 0.05) is 6.07 Å². The molecular formula is C16H19FN4O3. The lowest BCUT2D eigenvalue weighted by molar-refractivity contribution is -0.142. The molecule has 1 heterocycles. The van der Waals surface area contributed by atoms with Crippen LogP contribution in [0.1, 0.15) is 12.6 Å². The monoisotopic (exact) mass is 334 g/mol. The van der Waals surface area contributed by atoms with Gasteiger partial charge in [-0.05, 0) is 33.0 Å². The quantitative estimate of drug-likeness (QED) is 0.839. The highest BCUT2D eigenvalue weighted by atomic mass is 19.1. The van der Waals surface area contributed by atoms with Gasteiger partial charge in [-0.1, -0.05) is 12.1 Å².